The fourth-order valence-corrected chi connectivity index (χ4v) is 4.22. The first-order valence-electron chi connectivity index (χ1n) is 6.97. The third-order valence-corrected chi connectivity index (χ3v) is 6.55. The molecule has 0 saturated heterocycles. The molecule has 0 saturated carbocycles. The number of anilines is 1. The molecule has 2 aromatic carbocycles. The van der Waals surface area contributed by atoms with Crippen LogP contribution in [0.1, 0.15) is 0 Å². The summed E-state index contributed by atoms with van der Waals surface area (Å²) in [6.07, 6.45) is 0. The average Bonchev–Trinajstić information content (AvgIpc) is 2.54. The van der Waals surface area contributed by atoms with Crippen molar-refractivity contribution in [3.63, 3.8) is 0 Å². The monoisotopic (exact) mass is 388 g/mol. The molecule has 0 heterocycles. The van der Waals surface area contributed by atoms with Gasteiger partial charge in [-0.25, -0.2) is 25.5 Å². The molecule has 7 nitrogen and oxygen atoms in total. The van der Waals surface area contributed by atoms with Crippen LogP contribution < -0.4 is 9.46 Å². The van der Waals surface area contributed by atoms with Crippen molar-refractivity contribution in [1.29, 1.82) is 0 Å². The Morgan fingerprint density at radius 3 is 2.20 bits per heavy atom. The number of nitrogens with one attached hydrogen (secondary N) is 1. The van der Waals surface area contributed by atoms with Crippen LogP contribution in [0, 0.1) is 5.82 Å². The highest BCUT2D eigenvalue weighted by atomic mass is 32.2. The fraction of sp³-hybridized carbons (Fsp3) is 0.200. The van der Waals surface area contributed by atoms with E-state index in [4.69, 9.17) is 4.74 Å². The van der Waals surface area contributed by atoms with Gasteiger partial charge in [0.15, 0.2) is 0 Å². The minimum Gasteiger partial charge on any atom is -0.495 e. The highest BCUT2D eigenvalue weighted by molar-refractivity contribution is 7.92. The van der Waals surface area contributed by atoms with E-state index in [1.807, 2.05) is 0 Å². The zero-order chi connectivity index (χ0) is 18.8. The third-order valence-electron chi connectivity index (χ3n) is 3.30. The van der Waals surface area contributed by atoms with Crippen molar-refractivity contribution in [2.75, 3.05) is 25.9 Å². The number of ether oxygens (including phenoxy) is 1. The van der Waals surface area contributed by atoms with Gasteiger partial charge < -0.3 is 4.74 Å². The summed E-state index contributed by atoms with van der Waals surface area (Å²) >= 11 is 0. The summed E-state index contributed by atoms with van der Waals surface area (Å²) in [6, 6.07) is 8.63. The Balaban J connectivity index is 2.50. The fourth-order valence-electron chi connectivity index (χ4n) is 2.01. The summed E-state index contributed by atoms with van der Waals surface area (Å²) in [5, 5.41) is 0. The van der Waals surface area contributed by atoms with E-state index < -0.39 is 30.8 Å². The maximum absolute atomic E-state index is 13.7. The van der Waals surface area contributed by atoms with Gasteiger partial charge in [-0.15, -0.1) is 0 Å². The minimum atomic E-state index is -4.22. The standard InChI is InChI=1S/C15H17FN2O5S2/c1-18(2)25(21,22)15-10-11(8-9-13(15)23-3)17-24(19,20)14-7-5-4-6-12(14)16/h4-10,17H,1-3H3. The first-order chi connectivity index (χ1) is 11.6. The number of halogens is 1. The zero-order valence-corrected chi connectivity index (χ0v) is 15.4. The van der Waals surface area contributed by atoms with Crippen LogP contribution in [0.2, 0.25) is 0 Å². The van der Waals surface area contributed by atoms with Gasteiger partial charge in [0, 0.05) is 14.1 Å². The van der Waals surface area contributed by atoms with Crippen LogP contribution in [-0.4, -0.2) is 42.3 Å². The van der Waals surface area contributed by atoms with Gasteiger partial charge in [-0.05, 0) is 30.3 Å². The Hall–Kier alpha value is -2.17. The lowest BCUT2D eigenvalue weighted by Gasteiger charge is -2.16. The number of sulfonamides is 2. The minimum absolute atomic E-state index is 0.0375. The van der Waals surface area contributed by atoms with Crippen LogP contribution in [0.5, 0.6) is 5.75 Å². The Kier molecular flexibility index (Phi) is 5.35. The van der Waals surface area contributed by atoms with Gasteiger partial charge in [-0.2, -0.15) is 0 Å². The molecular formula is C15H17FN2O5S2. The van der Waals surface area contributed by atoms with Gasteiger partial charge in [-0.3, -0.25) is 4.72 Å². The summed E-state index contributed by atoms with van der Waals surface area (Å²) in [4.78, 5) is -0.753. The number of hydrogen-bond acceptors (Lipinski definition) is 5. The predicted octanol–water partition coefficient (Wildman–Crippen LogP) is 1.89. The van der Waals surface area contributed by atoms with Crippen LogP contribution in [0.15, 0.2) is 52.3 Å². The molecule has 25 heavy (non-hydrogen) atoms. The Labute approximate surface area is 146 Å². The molecule has 10 heteroatoms. The third kappa shape index (κ3) is 3.91. The number of rotatable bonds is 6. The van der Waals surface area contributed by atoms with Crippen LogP contribution >= 0.6 is 0 Å². The molecule has 0 aromatic heterocycles. The predicted molar refractivity (Wildman–Crippen MR) is 91.1 cm³/mol. The topological polar surface area (TPSA) is 92.8 Å². The van der Waals surface area contributed by atoms with Crippen LogP contribution in [0.25, 0.3) is 0 Å². The average molecular weight is 388 g/mol. The number of methoxy groups -OCH3 is 1. The molecule has 0 aliphatic rings. The maximum atomic E-state index is 13.7. The molecule has 0 aliphatic carbocycles. The lowest BCUT2D eigenvalue weighted by Crippen LogP contribution is -2.23. The Morgan fingerprint density at radius 2 is 1.64 bits per heavy atom. The van der Waals surface area contributed by atoms with E-state index in [2.05, 4.69) is 4.72 Å². The molecule has 136 valence electrons. The molecular weight excluding hydrogens is 371 g/mol. The maximum Gasteiger partial charge on any atom is 0.264 e. The van der Waals surface area contributed by atoms with Crippen LogP contribution in [-0.2, 0) is 20.0 Å². The molecule has 0 spiro atoms. The van der Waals surface area contributed by atoms with E-state index in [9.17, 15) is 21.2 Å². The lowest BCUT2D eigenvalue weighted by molar-refractivity contribution is 0.400. The molecule has 0 bridgehead atoms. The van der Waals surface area contributed by atoms with Crippen LogP contribution in [0.3, 0.4) is 0 Å². The van der Waals surface area contributed by atoms with Gasteiger partial charge >= 0.3 is 0 Å². The van der Waals surface area contributed by atoms with E-state index >= 15 is 0 Å². The van der Waals surface area contributed by atoms with Gasteiger partial charge in [0.1, 0.15) is 21.4 Å². The van der Waals surface area contributed by atoms with Crippen LogP contribution in [0.4, 0.5) is 10.1 Å². The molecule has 2 rings (SSSR count). The Morgan fingerprint density at radius 1 is 1.00 bits per heavy atom. The first-order valence-corrected chi connectivity index (χ1v) is 9.90. The molecule has 0 amide bonds. The summed E-state index contributed by atoms with van der Waals surface area (Å²) in [7, 11) is -4.12. The smallest absolute Gasteiger partial charge is 0.264 e. The largest absolute Gasteiger partial charge is 0.495 e. The normalized spacial score (nSPS) is 12.2. The van der Waals surface area contributed by atoms with Gasteiger partial charge in [0.25, 0.3) is 10.0 Å². The van der Waals surface area contributed by atoms with Crippen molar-refractivity contribution in [1.82, 2.24) is 4.31 Å². The molecule has 0 aliphatic heterocycles. The lowest BCUT2D eigenvalue weighted by atomic mass is 10.3. The Bertz CT molecular complexity index is 989. The van der Waals surface area contributed by atoms with Crippen molar-refractivity contribution < 1.29 is 26.0 Å². The number of hydrogen-bond donors (Lipinski definition) is 1. The van der Waals surface area contributed by atoms with E-state index in [0.29, 0.717) is 0 Å². The summed E-state index contributed by atoms with van der Waals surface area (Å²) < 4.78 is 71.3. The van der Waals surface area contributed by atoms with E-state index in [1.165, 1.54) is 45.5 Å². The second kappa shape index (κ2) is 6.98. The highest BCUT2D eigenvalue weighted by Crippen LogP contribution is 2.30. The van der Waals surface area contributed by atoms with Gasteiger partial charge in [-0.1, -0.05) is 12.1 Å². The van der Waals surface area contributed by atoms with Crippen molar-refractivity contribution in [3.8, 4) is 5.75 Å². The molecule has 1 N–H and O–H groups in total. The van der Waals surface area contributed by atoms with E-state index in [-0.39, 0.29) is 16.3 Å². The summed E-state index contributed by atoms with van der Waals surface area (Å²) in [6.45, 7) is 0. The number of benzene rings is 2. The SMILES string of the molecule is COc1ccc(NS(=O)(=O)c2ccccc2F)cc1S(=O)(=O)N(C)C. The van der Waals surface area contributed by atoms with Crippen molar-refractivity contribution >= 4 is 25.7 Å². The summed E-state index contributed by atoms with van der Waals surface area (Å²) in [5.74, 6) is -0.854. The number of nitrogens with zero attached hydrogens (tertiary/aromatic N) is 1. The van der Waals surface area contributed by atoms with Gasteiger partial charge in [0.05, 0.1) is 12.8 Å². The quantitative estimate of drug-likeness (QED) is 0.816. The second-order valence-electron chi connectivity index (χ2n) is 5.19. The van der Waals surface area contributed by atoms with E-state index in [1.54, 1.807) is 0 Å². The van der Waals surface area contributed by atoms with Crippen molar-refractivity contribution in [2.24, 2.45) is 0 Å². The molecule has 0 atom stereocenters. The molecule has 0 fully saturated rings. The van der Waals surface area contributed by atoms with Crippen molar-refractivity contribution in [3.05, 3.63) is 48.3 Å². The first kappa shape index (κ1) is 19.2. The zero-order valence-electron chi connectivity index (χ0n) is 13.7. The summed E-state index contributed by atoms with van der Waals surface area (Å²) in [5.41, 5.74) is -0.0375. The highest BCUT2D eigenvalue weighted by Gasteiger charge is 2.24. The molecule has 0 unspecified atom stereocenters. The molecule has 2 aromatic rings. The van der Waals surface area contributed by atoms with Crippen molar-refractivity contribution in [2.45, 2.75) is 9.79 Å². The molecule has 0 radical (unpaired) electrons. The van der Waals surface area contributed by atoms with Gasteiger partial charge in [0.2, 0.25) is 10.0 Å². The second-order valence-corrected chi connectivity index (χ2v) is 8.96. The van der Waals surface area contributed by atoms with E-state index in [0.717, 1.165) is 22.5 Å².